The summed E-state index contributed by atoms with van der Waals surface area (Å²) < 4.78 is 7.37. The lowest BCUT2D eigenvalue weighted by molar-refractivity contribution is 0.414. The first-order chi connectivity index (χ1) is 15.8. The van der Waals surface area contributed by atoms with Crippen molar-refractivity contribution in [2.75, 3.05) is 7.11 Å². The van der Waals surface area contributed by atoms with Gasteiger partial charge >= 0.3 is 0 Å². The summed E-state index contributed by atoms with van der Waals surface area (Å²) in [5.41, 5.74) is 4.08. The van der Waals surface area contributed by atoms with Crippen LogP contribution in [0.1, 0.15) is 5.69 Å². The number of methoxy groups -OCH3 is 1. The maximum absolute atomic E-state index is 5.31. The fourth-order valence-corrected chi connectivity index (χ4v) is 5.02. The molecule has 0 N–H and O–H groups in total. The molecule has 0 saturated carbocycles. The van der Waals surface area contributed by atoms with Crippen LogP contribution in [0.15, 0.2) is 89.7 Å². The summed E-state index contributed by atoms with van der Waals surface area (Å²) in [5, 5.41) is 12.9. The third kappa shape index (κ3) is 4.28. The number of rotatable bonds is 7. The zero-order valence-electron chi connectivity index (χ0n) is 17.3. The molecule has 0 aliphatic rings. The van der Waals surface area contributed by atoms with Crippen LogP contribution in [0.25, 0.3) is 27.6 Å². The van der Waals surface area contributed by atoms with Gasteiger partial charge in [0, 0.05) is 40.3 Å². The Balaban J connectivity index is 1.45. The molecule has 8 heteroatoms. The second kappa shape index (κ2) is 9.33. The van der Waals surface area contributed by atoms with Crippen molar-refractivity contribution in [2.45, 2.75) is 10.9 Å². The molecule has 0 atom stereocenters. The predicted octanol–water partition coefficient (Wildman–Crippen LogP) is 5.75. The van der Waals surface area contributed by atoms with E-state index in [1.54, 1.807) is 42.6 Å². The number of hydrogen-bond donors (Lipinski definition) is 0. The Morgan fingerprint density at radius 3 is 2.44 bits per heavy atom. The minimum Gasteiger partial charge on any atom is -0.497 e. The number of pyridine rings is 1. The predicted molar refractivity (Wildman–Crippen MR) is 128 cm³/mol. The number of benzene rings is 2. The van der Waals surface area contributed by atoms with Gasteiger partial charge in [-0.25, -0.2) is 4.98 Å². The van der Waals surface area contributed by atoms with Crippen LogP contribution in [0.5, 0.6) is 5.75 Å². The van der Waals surface area contributed by atoms with Crippen LogP contribution in [0.3, 0.4) is 0 Å². The summed E-state index contributed by atoms with van der Waals surface area (Å²) in [4.78, 5) is 8.92. The lowest BCUT2D eigenvalue weighted by Crippen LogP contribution is -2.00. The van der Waals surface area contributed by atoms with Gasteiger partial charge in [0.1, 0.15) is 10.8 Å². The molecule has 3 aromatic heterocycles. The first-order valence-electron chi connectivity index (χ1n) is 9.94. The summed E-state index contributed by atoms with van der Waals surface area (Å²) in [6.45, 7) is 0. The Kier molecular flexibility index (Phi) is 5.96. The van der Waals surface area contributed by atoms with E-state index in [1.807, 2.05) is 54.6 Å². The average Bonchev–Trinajstić information content (AvgIpc) is 3.51. The van der Waals surface area contributed by atoms with Crippen LogP contribution in [-0.4, -0.2) is 31.8 Å². The van der Waals surface area contributed by atoms with Crippen molar-refractivity contribution in [1.82, 2.24) is 24.7 Å². The monoisotopic (exact) mass is 457 g/mol. The van der Waals surface area contributed by atoms with E-state index < -0.39 is 0 Å². The molecular formula is C24H19N5OS2. The van der Waals surface area contributed by atoms with E-state index in [2.05, 4.69) is 37.3 Å². The fourth-order valence-electron chi connectivity index (χ4n) is 3.24. The van der Waals surface area contributed by atoms with Crippen molar-refractivity contribution in [1.29, 1.82) is 0 Å². The van der Waals surface area contributed by atoms with Gasteiger partial charge in [0.05, 0.1) is 12.8 Å². The van der Waals surface area contributed by atoms with Gasteiger partial charge in [-0.1, -0.05) is 42.1 Å². The van der Waals surface area contributed by atoms with Crippen LogP contribution >= 0.6 is 23.1 Å². The second-order valence-electron chi connectivity index (χ2n) is 6.87. The molecule has 2 aromatic carbocycles. The average molecular weight is 458 g/mol. The Morgan fingerprint density at radius 2 is 1.69 bits per heavy atom. The summed E-state index contributed by atoms with van der Waals surface area (Å²) in [7, 11) is 1.66. The first kappa shape index (κ1) is 20.4. The number of hydrogen-bond acceptors (Lipinski definition) is 7. The van der Waals surface area contributed by atoms with Crippen molar-refractivity contribution in [3.63, 3.8) is 0 Å². The van der Waals surface area contributed by atoms with Gasteiger partial charge < -0.3 is 4.74 Å². The Hall–Kier alpha value is -3.49. The van der Waals surface area contributed by atoms with Gasteiger partial charge in [-0.05, 0) is 36.4 Å². The highest BCUT2D eigenvalue weighted by Crippen LogP contribution is 2.31. The third-order valence-electron chi connectivity index (χ3n) is 4.82. The van der Waals surface area contributed by atoms with Crippen LogP contribution in [0.2, 0.25) is 0 Å². The highest BCUT2D eigenvalue weighted by molar-refractivity contribution is 7.98. The van der Waals surface area contributed by atoms with Crippen molar-refractivity contribution in [3.05, 3.63) is 90.2 Å². The molecule has 0 saturated heterocycles. The molecule has 0 spiro atoms. The maximum atomic E-state index is 5.31. The number of thiazole rings is 1. The van der Waals surface area contributed by atoms with Crippen molar-refractivity contribution in [3.8, 4) is 33.4 Å². The number of thioether (sulfide) groups is 1. The largest absolute Gasteiger partial charge is 0.497 e. The van der Waals surface area contributed by atoms with E-state index in [0.29, 0.717) is 5.75 Å². The van der Waals surface area contributed by atoms with Crippen LogP contribution < -0.4 is 4.74 Å². The molecule has 0 amide bonds. The Labute approximate surface area is 194 Å². The Bertz CT molecular complexity index is 1300. The molecule has 0 radical (unpaired) electrons. The van der Waals surface area contributed by atoms with E-state index in [1.165, 1.54) is 0 Å². The quantitative estimate of drug-likeness (QED) is 0.290. The molecule has 5 rings (SSSR count). The molecule has 0 bridgehead atoms. The zero-order valence-corrected chi connectivity index (χ0v) is 18.9. The molecular weight excluding hydrogens is 438 g/mol. The van der Waals surface area contributed by atoms with Crippen LogP contribution in [-0.2, 0) is 5.75 Å². The van der Waals surface area contributed by atoms with E-state index in [-0.39, 0.29) is 0 Å². The smallest absolute Gasteiger partial charge is 0.196 e. The number of aromatic nitrogens is 5. The molecule has 0 aliphatic heterocycles. The lowest BCUT2D eigenvalue weighted by atomic mass is 10.2. The zero-order chi connectivity index (χ0) is 21.8. The highest BCUT2D eigenvalue weighted by Gasteiger charge is 2.17. The first-order valence-corrected chi connectivity index (χ1v) is 11.8. The third-order valence-corrected chi connectivity index (χ3v) is 6.73. The minimum atomic E-state index is 0.702. The molecule has 0 fully saturated rings. The van der Waals surface area contributed by atoms with E-state index >= 15 is 0 Å². The van der Waals surface area contributed by atoms with Crippen LogP contribution in [0, 0.1) is 0 Å². The van der Waals surface area contributed by atoms with Crippen molar-refractivity contribution in [2.24, 2.45) is 0 Å². The summed E-state index contributed by atoms with van der Waals surface area (Å²) >= 11 is 3.27. The van der Waals surface area contributed by atoms with Gasteiger partial charge in [0.2, 0.25) is 0 Å². The van der Waals surface area contributed by atoms with E-state index in [9.17, 15) is 0 Å². The topological polar surface area (TPSA) is 65.7 Å². The SMILES string of the molecule is COc1ccc(-n2c(SCc3csc(-c4ccccc4)n3)nnc2-c2ccncc2)cc1. The van der Waals surface area contributed by atoms with Gasteiger partial charge in [0.25, 0.3) is 0 Å². The summed E-state index contributed by atoms with van der Waals surface area (Å²) in [6, 6.07) is 22.0. The lowest BCUT2D eigenvalue weighted by Gasteiger charge is -2.11. The normalized spacial score (nSPS) is 10.9. The molecule has 32 heavy (non-hydrogen) atoms. The molecule has 0 unspecified atom stereocenters. The van der Waals surface area contributed by atoms with E-state index in [0.717, 1.165) is 44.2 Å². The number of nitrogens with zero attached hydrogens (tertiary/aromatic N) is 5. The van der Waals surface area contributed by atoms with Gasteiger partial charge in [-0.3, -0.25) is 9.55 Å². The standard InChI is InChI=1S/C24H19N5OS2/c1-30-21-9-7-20(8-10-21)29-22(17-11-13-25-14-12-17)27-28-24(29)32-16-19-15-31-23(26-19)18-5-3-2-4-6-18/h2-15H,16H2,1H3. The van der Waals surface area contributed by atoms with Gasteiger partial charge in [-0.15, -0.1) is 21.5 Å². The van der Waals surface area contributed by atoms with Crippen LogP contribution in [0.4, 0.5) is 0 Å². The van der Waals surface area contributed by atoms with Crippen molar-refractivity contribution < 1.29 is 4.74 Å². The fraction of sp³-hybridized carbons (Fsp3) is 0.0833. The highest BCUT2D eigenvalue weighted by atomic mass is 32.2. The summed E-state index contributed by atoms with van der Waals surface area (Å²) in [6.07, 6.45) is 3.52. The number of ether oxygens (including phenoxy) is 1. The Morgan fingerprint density at radius 1 is 0.906 bits per heavy atom. The van der Waals surface area contributed by atoms with Gasteiger partial charge in [0.15, 0.2) is 11.0 Å². The molecule has 6 nitrogen and oxygen atoms in total. The van der Waals surface area contributed by atoms with Gasteiger partial charge in [-0.2, -0.15) is 0 Å². The van der Waals surface area contributed by atoms with Crippen molar-refractivity contribution >= 4 is 23.1 Å². The molecule has 0 aliphatic carbocycles. The van der Waals surface area contributed by atoms with E-state index in [4.69, 9.17) is 9.72 Å². The molecule has 3 heterocycles. The summed E-state index contributed by atoms with van der Waals surface area (Å²) in [5.74, 6) is 2.27. The molecule has 5 aromatic rings. The second-order valence-corrected chi connectivity index (χ2v) is 8.67. The minimum absolute atomic E-state index is 0.702. The maximum Gasteiger partial charge on any atom is 0.196 e. The molecule has 158 valence electrons.